The number of hydrogen-bond donors (Lipinski definition) is 0. The molecule has 0 aromatic heterocycles. The van der Waals surface area contributed by atoms with E-state index in [1.54, 1.807) is 0 Å². The van der Waals surface area contributed by atoms with E-state index in [9.17, 15) is 0 Å². The molecule has 0 radical (unpaired) electrons. The van der Waals surface area contributed by atoms with Crippen LogP contribution in [-0.4, -0.2) is 35.2 Å². The summed E-state index contributed by atoms with van der Waals surface area (Å²) in [4.78, 5) is 0. The molecule has 0 aliphatic heterocycles. The van der Waals surface area contributed by atoms with Gasteiger partial charge in [0, 0.05) is 0 Å². The average molecular weight is 209 g/mol. The van der Waals surface area contributed by atoms with E-state index in [0.29, 0.717) is 19.8 Å². The van der Waals surface area contributed by atoms with Crippen LogP contribution < -0.4 is 0 Å². The van der Waals surface area contributed by atoms with Gasteiger partial charge in [0.2, 0.25) is 0 Å². The van der Waals surface area contributed by atoms with E-state index < -0.39 is 15.4 Å². The first-order chi connectivity index (χ1) is 4.85. The Morgan fingerprint density at radius 2 is 1.10 bits per heavy atom. The maximum absolute atomic E-state index is 5.27. The Morgan fingerprint density at radius 3 is 1.30 bits per heavy atom. The SMILES string of the molecule is CC[O][GeH]([O]CC)[O]CC. The minimum absolute atomic E-state index is 0.699. The second kappa shape index (κ2) is 7.53. The van der Waals surface area contributed by atoms with E-state index in [0.717, 1.165) is 0 Å². The molecule has 0 aliphatic carbocycles. The summed E-state index contributed by atoms with van der Waals surface area (Å²) in [5.74, 6) is 0. The van der Waals surface area contributed by atoms with Gasteiger partial charge in [-0.1, -0.05) is 0 Å². The second-order valence-electron chi connectivity index (χ2n) is 1.65. The summed E-state index contributed by atoms with van der Waals surface area (Å²) in [6.07, 6.45) is 0. The van der Waals surface area contributed by atoms with Crippen molar-refractivity contribution in [1.29, 1.82) is 0 Å². The van der Waals surface area contributed by atoms with Crippen LogP contribution >= 0.6 is 0 Å². The van der Waals surface area contributed by atoms with Crippen molar-refractivity contribution in [2.45, 2.75) is 20.8 Å². The maximum atomic E-state index is 5.27. The summed E-state index contributed by atoms with van der Waals surface area (Å²) < 4.78 is 15.8. The number of hydrogen-bond acceptors (Lipinski definition) is 3. The van der Waals surface area contributed by atoms with Crippen molar-refractivity contribution in [3.63, 3.8) is 0 Å². The fourth-order valence-electron chi connectivity index (χ4n) is 0.553. The van der Waals surface area contributed by atoms with Crippen molar-refractivity contribution >= 4 is 15.4 Å². The normalized spacial score (nSPS) is 10.8. The first kappa shape index (κ1) is 10.4. The van der Waals surface area contributed by atoms with Gasteiger partial charge in [0.1, 0.15) is 0 Å². The molecule has 0 aromatic rings. The molecule has 3 nitrogen and oxygen atoms in total. The summed E-state index contributed by atoms with van der Waals surface area (Å²) in [5.41, 5.74) is 0. The van der Waals surface area contributed by atoms with Gasteiger partial charge in [-0.05, 0) is 0 Å². The zero-order valence-electron chi connectivity index (χ0n) is 6.92. The van der Waals surface area contributed by atoms with Gasteiger partial charge in [0.15, 0.2) is 0 Å². The van der Waals surface area contributed by atoms with Gasteiger partial charge in [-0.25, -0.2) is 0 Å². The third-order valence-electron chi connectivity index (χ3n) is 0.908. The van der Waals surface area contributed by atoms with E-state index in [-0.39, 0.29) is 0 Å². The molecule has 0 aliphatic rings. The van der Waals surface area contributed by atoms with E-state index >= 15 is 0 Å². The average Bonchev–Trinajstić information content (AvgIpc) is 1.90. The molecular formula is C6H16GeO3. The zero-order chi connectivity index (χ0) is 7.82. The van der Waals surface area contributed by atoms with Gasteiger partial charge in [0.05, 0.1) is 0 Å². The molecule has 0 atom stereocenters. The molecule has 0 unspecified atom stereocenters. The molecule has 0 bridgehead atoms. The van der Waals surface area contributed by atoms with Crippen LogP contribution in [0.2, 0.25) is 0 Å². The van der Waals surface area contributed by atoms with Crippen molar-refractivity contribution in [2.24, 2.45) is 0 Å². The molecule has 62 valence electrons. The molecule has 0 spiro atoms. The fourth-order valence-corrected chi connectivity index (χ4v) is 2.87. The zero-order valence-corrected chi connectivity index (χ0v) is 9.35. The Balaban J connectivity index is 3.30. The Morgan fingerprint density at radius 1 is 0.800 bits per heavy atom. The molecule has 0 saturated carbocycles. The molecular weight excluding hydrogens is 193 g/mol. The van der Waals surface area contributed by atoms with Crippen LogP contribution in [0, 0.1) is 0 Å². The van der Waals surface area contributed by atoms with Gasteiger partial charge < -0.3 is 0 Å². The second-order valence-corrected chi connectivity index (χ2v) is 4.96. The van der Waals surface area contributed by atoms with E-state index in [2.05, 4.69) is 0 Å². The fraction of sp³-hybridized carbons (Fsp3) is 1.00. The molecule has 0 rings (SSSR count). The summed E-state index contributed by atoms with van der Waals surface area (Å²) in [6, 6.07) is 0. The molecule has 0 saturated heterocycles. The molecule has 10 heavy (non-hydrogen) atoms. The Hall–Kier alpha value is 0.423. The van der Waals surface area contributed by atoms with Crippen LogP contribution in [-0.2, 0) is 11.3 Å². The molecule has 0 fully saturated rings. The Kier molecular flexibility index (Phi) is 7.85. The summed E-state index contributed by atoms with van der Waals surface area (Å²) >= 11 is -2.18. The predicted octanol–water partition coefficient (Wildman–Crippen LogP) is 0.813. The van der Waals surface area contributed by atoms with Crippen LogP contribution in [0.4, 0.5) is 0 Å². The van der Waals surface area contributed by atoms with Crippen LogP contribution in [0.25, 0.3) is 0 Å². The predicted molar refractivity (Wildman–Crippen MR) is 42.0 cm³/mol. The first-order valence-electron chi connectivity index (χ1n) is 3.69. The Bertz CT molecular complexity index is 55.7. The minimum atomic E-state index is -2.18. The van der Waals surface area contributed by atoms with Gasteiger partial charge in [-0.3, -0.25) is 0 Å². The van der Waals surface area contributed by atoms with Gasteiger partial charge >= 0.3 is 67.2 Å². The molecule has 0 N–H and O–H groups in total. The standard InChI is InChI=1S/C6H16GeO3/c1-4-8-7(9-5-2)10-6-3/h7H,4-6H2,1-3H3. The van der Waals surface area contributed by atoms with Crippen LogP contribution in [0.15, 0.2) is 0 Å². The van der Waals surface area contributed by atoms with Crippen molar-refractivity contribution in [1.82, 2.24) is 0 Å². The Labute approximate surface area is 67.8 Å². The summed E-state index contributed by atoms with van der Waals surface area (Å²) in [6.45, 7) is 7.96. The van der Waals surface area contributed by atoms with E-state index in [4.69, 9.17) is 11.3 Å². The van der Waals surface area contributed by atoms with Gasteiger partial charge in [0.25, 0.3) is 0 Å². The van der Waals surface area contributed by atoms with E-state index in [1.165, 1.54) is 0 Å². The van der Waals surface area contributed by atoms with Crippen LogP contribution in [0.3, 0.4) is 0 Å². The summed E-state index contributed by atoms with van der Waals surface area (Å²) in [5, 5.41) is 0. The summed E-state index contributed by atoms with van der Waals surface area (Å²) in [7, 11) is 0. The van der Waals surface area contributed by atoms with Crippen molar-refractivity contribution in [2.75, 3.05) is 19.8 Å². The molecule has 0 aromatic carbocycles. The van der Waals surface area contributed by atoms with Crippen molar-refractivity contribution < 1.29 is 11.3 Å². The van der Waals surface area contributed by atoms with Crippen LogP contribution in [0.1, 0.15) is 20.8 Å². The monoisotopic (exact) mass is 210 g/mol. The quantitative estimate of drug-likeness (QED) is 0.605. The molecule has 0 heterocycles. The van der Waals surface area contributed by atoms with Gasteiger partial charge in [-0.2, -0.15) is 0 Å². The third kappa shape index (κ3) is 5.23. The van der Waals surface area contributed by atoms with Gasteiger partial charge in [-0.15, -0.1) is 0 Å². The van der Waals surface area contributed by atoms with E-state index in [1.807, 2.05) is 20.8 Å². The third-order valence-corrected chi connectivity index (χ3v) is 4.72. The van der Waals surface area contributed by atoms with Crippen LogP contribution in [0.5, 0.6) is 0 Å². The topological polar surface area (TPSA) is 27.7 Å². The first-order valence-corrected chi connectivity index (χ1v) is 6.66. The molecule has 0 amide bonds. The molecule has 4 heteroatoms. The van der Waals surface area contributed by atoms with Crippen molar-refractivity contribution in [3.05, 3.63) is 0 Å². The van der Waals surface area contributed by atoms with Crippen molar-refractivity contribution in [3.8, 4) is 0 Å². The number of rotatable bonds is 6.